The topological polar surface area (TPSA) is 335 Å². The van der Waals surface area contributed by atoms with E-state index < -0.39 is 189 Å². The highest BCUT2D eigenvalue weighted by molar-refractivity contribution is 5.75. The van der Waals surface area contributed by atoms with Crippen molar-refractivity contribution in [3.05, 3.63) is 23.5 Å². The van der Waals surface area contributed by atoms with E-state index in [0.29, 0.717) is 38.7 Å². The van der Waals surface area contributed by atoms with Gasteiger partial charge in [-0.3, -0.25) is 43.2 Å². The van der Waals surface area contributed by atoms with E-state index in [0.717, 1.165) is 27.7 Å². The first-order chi connectivity index (χ1) is 40.1. The van der Waals surface area contributed by atoms with Gasteiger partial charge in [0.1, 0.15) is 74.3 Å². The lowest BCUT2D eigenvalue weighted by atomic mass is 9.79. The highest BCUT2D eigenvalue weighted by atomic mass is 16.8. The summed E-state index contributed by atoms with van der Waals surface area (Å²) in [6.45, 7) is 21.6. The van der Waals surface area contributed by atoms with Crippen LogP contribution in [0.2, 0.25) is 0 Å². The van der Waals surface area contributed by atoms with Crippen LogP contribution in [-0.2, 0) is 132 Å². The van der Waals surface area contributed by atoms with Gasteiger partial charge in [-0.05, 0) is 13.8 Å². The Morgan fingerprint density at radius 3 is 1.53 bits per heavy atom. The molecule has 0 N–H and O–H groups in total. The summed E-state index contributed by atoms with van der Waals surface area (Å²) < 4.78 is 97.7. The van der Waals surface area contributed by atoms with Gasteiger partial charge in [-0.15, -0.1) is 5.10 Å². The molecule has 1 aromatic rings. The number of esters is 8. The second kappa shape index (κ2) is 32.5. The maximum Gasteiger partial charge on any atom is 0.303 e. The molecule has 4 heterocycles. The molecule has 5 rings (SSSR count). The Labute approximate surface area is 493 Å². The van der Waals surface area contributed by atoms with E-state index in [1.807, 2.05) is 6.92 Å². The molecular formula is C56H84N4O25. The molecule has 3 saturated heterocycles. The van der Waals surface area contributed by atoms with Gasteiger partial charge in [-0.2, -0.15) is 0 Å². The molecule has 1 aliphatic carbocycles. The molecule has 0 saturated carbocycles. The Balaban J connectivity index is 1.47. The zero-order valence-electron chi connectivity index (χ0n) is 51.0. The number of hydrogen-bond donors (Lipinski definition) is 0. The Kier molecular flexibility index (Phi) is 26.6. The molecule has 3 fully saturated rings. The van der Waals surface area contributed by atoms with Crippen LogP contribution >= 0.6 is 0 Å². The maximum atomic E-state index is 14.2. The standard InChI is InChI=1S/C56H84N4O25/c1-16-70-19-20-71-18-17-59-22-42(57-58-59)24-75-54-29(4)49(79-38(13)67)52(44(82-54)25-73-34(9)63)85-56-30(5)50(80-39(14)68)53(45(83-56)26-74-35(10)64)84-55-28(3)47(77-36(11)65)46(31(6)76-55)60(32(7)61)43-21-41(23-72-33(8)62)51(81-40(15)69)48(27(43)2)78-37(12)66/h21-22,27-31,43-56H,16-20,23-26H2,1-15H3/t27-,28+,29+,30+,31+,43-,44+,45+,46+,47+,48+,49+,50+,51+,52+,53+,54+,55+,56+/m0/s1. The second-order valence-electron chi connectivity index (χ2n) is 21.4. The zero-order chi connectivity index (χ0) is 63.0. The first-order valence-electron chi connectivity index (χ1n) is 28.3. The molecule has 0 aromatic carbocycles. The average Bonchev–Trinajstić information content (AvgIpc) is 3.94. The lowest BCUT2D eigenvalue weighted by molar-refractivity contribution is -0.364. The van der Waals surface area contributed by atoms with Gasteiger partial charge in [0.25, 0.3) is 0 Å². The number of rotatable bonds is 27. The lowest BCUT2D eigenvalue weighted by Crippen LogP contribution is -2.67. The van der Waals surface area contributed by atoms with Crippen LogP contribution in [0.5, 0.6) is 0 Å². The predicted octanol–water partition coefficient (Wildman–Crippen LogP) is 2.23. The van der Waals surface area contributed by atoms with Gasteiger partial charge < -0.3 is 80.7 Å². The van der Waals surface area contributed by atoms with E-state index >= 15 is 0 Å². The fourth-order valence-electron chi connectivity index (χ4n) is 10.8. The Bertz CT molecular complexity index is 2490. The van der Waals surface area contributed by atoms with Crippen LogP contribution in [0.1, 0.15) is 110 Å². The number of hydrogen-bond acceptors (Lipinski definition) is 27. The molecule has 29 nitrogen and oxygen atoms in total. The molecule has 1 aromatic heterocycles. The summed E-state index contributed by atoms with van der Waals surface area (Å²) in [6, 6.07) is -2.12. The third-order valence-corrected chi connectivity index (χ3v) is 14.6. The van der Waals surface area contributed by atoms with Gasteiger partial charge in [0.2, 0.25) is 5.91 Å². The smallest absolute Gasteiger partial charge is 0.303 e. The minimum absolute atomic E-state index is 0.0986. The third-order valence-electron chi connectivity index (χ3n) is 14.6. The Morgan fingerprint density at radius 2 is 1.01 bits per heavy atom. The van der Waals surface area contributed by atoms with Crippen molar-refractivity contribution in [2.24, 2.45) is 23.7 Å². The summed E-state index contributed by atoms with van der Waals surface area (Å²) in [6.07, 6.45) is -13.0. The van der Waals surface area contributed by atoms with Crippen LogP contribution in [0.3, 0.4) is 0 Å². The first-order valence-corrected chi connectivity index (χ1v) is 28.3. The van der Waals surface area contributed by atoms with E-state index in [-0.39, 0.29) is 12.2 Å². The fourth-order valence-corrected chi connectivity index (χ4v) is 10.8. The fraction of sp³-hybridized carbons (Fsp3) is 0.768. The number of aromatic nitrogens is 3. The number of amides is 1. The summed E-state index contributed by atoms with van der Waals surface area (Å²) in [7, 11) is 0. The third kappa shape index (κ3) is 19.7. The molecule has 19 atom stereocenters. The van der Waals surface area contributed by atoms with Crippen LogP contribution in [0, 0.1) is 23.7 Å². The van der Waals surface area contributed by atoms with Gasteiger partial charge in [-0.25, -0.2) is 4.68 Å². The van der Waals surface area contributed by atoms with Crippen molar-refractivity contribution in [3.8, 4) is 0 Å². The van der Waals surface area contributed by atoms with Crippen LogP contribution < -0.4 is 0 Å². The molecule has 0 spiro atoms. The number of nitrogens with zero attached hydrogens (tertiary/aromatic N) is 4. The van der Waals surface area contributed by atoms with Crippen molar-refractivity contribution in [1.29, 1.82) is 0 Å². The normalized spacial score (nSPS) is 31.9. The minimum atomic E-state index is -1.41. The lowest BCUT2D eigenvalue weighted by Gasteiger charge is -2.53. The van der Waals surface area contributed by atoms with Crippen molar-refractivity contribution in [2.45, 2.75) is 209 Å². The van der Waals surface area contributed by atoms with Gasteiger partial charge in [0.15, 0.2) is 25.0 Å². The quantitative estimate of drug-likeness (QED) is 0.0527. The van der Waals surface area contributed by atoms with E-state index in [4.69, 9.17) is 75.8 Å². The summed E-state index contributed by atoms with van der Waals surface area (Å²) >= 11 is 0. The summed E-state index contributed by atoms with van der Waals surface area (Å²) in [5.41, 5.74) is 0.638. The molecule has 0 bridgehead atoms. The van der Waals surface area contributed by atoms with Crippen LogP contribution in [0.4, 0.5) is 0 Å². The van der Waals surface area contributed by atoms with Crippen molar-refractivity contribution in [2.75, 3.05) is 46.2 Å². The van der Waals surface area contributed by atoms with Crippen LogP contribution in [-0.4, -0.2) is 212 Å². The summed E-state index contributed by atoms with van der Waals surface area (Å²) in [4.78, 5) is 117. The minimum Gasteiger partial charge on any atom is -0.463 e. The molecule has 478 valence electrons. The summed E-state index contributed by atoms with van der Waals surface area (Å²) in [5.74, 6) is -9.85. The molecular weight excluding hydrogens is 1130 g/mol. The Morgan fingerprint density at radius 1 is 0.529 bits per heavy atom. The average molecular weight is 1210 g/mol. The molecule has 4 aliphatic rings. The monoisotopic (exact) mass is 1210 g/mol. The molecule has 29 heteroatoms. The molecule has 85 heavy (non-hydrogen) atoms. The van der Waals surface area contributed by atoms with Crippen molar-refractivity contribution < 1.29 is 119 Å². The first kappa shape index (κ1) is 69.6. The molecule has 0 unspecified atom stereocenters. The van der Waals surface area contributed by atoms with E-state index in [9.17, 15) is 43.2 Å². The van der Waals surface area contributed by atoms with E-state index in [2.05, 4.69) is 10.3 Å². The number of ether oxygens (including phenoxy) is 16. The van der Waals surface area contributed by atoms with E-state index in [1.54, 1.807) is 51.6 Å². The molecule has 3 aliphatic heterocycles. The highest BCUT2D eigenvalue weighted by Crippen LogP contribution is 2.42. The van der Waals surface area contributed by atoms with E-state index in [1.165, 1.54) is 39.5 Å². The maximum absolute atomic E-state index is 14.2. The van der Waals surface area contributed by atoms with Gasteiger partial charge in [-0.1, -0.05) is 39.0 Å². The molecule has 1 amide bonds. The van der Waals surface area contributed by atoms with Gasteiger partial charge >= 0.3 is 47.8 Å². The van der Waals surface area contributed by atoms with Crippen molar-refractivity contribution in [1.82, 2.24) is 19.9 Å². The van der Waals surface area contributed by atoms with Crippen LogP contribution in [0.15, 0.2) is 17.8 Å². The van der Waals surface area contributed by atoms with Crippen molar-refractivity contribution in [3.63, 3.8) is 0 Å². The second-order valence-corrected chi connectivity index (χ2v) is 21.4. The van der Waals surface area contributed by atoms with Crippen molar-refractivity contribution >= 4 is 53.7 Å². The largest absolute Gasteiger partial charge is 0.463 e. The summed E-state index contributed by atoms with van der Waals surface area (Å²) in [5, 5.41) is 8.33. The predicted molar refractivity (Wildman–Crippen MR) is 286 cm³/mol. The Hall–Kier alpha value is -6.21. The highest BCUT2D eigenvalue weighted by Gasteiger charge is 2.57. The number of carbonyl (C=O) groups is 9. The SMILES string of the molecule is CCOCCOCCn1cc(CO[C@@H]2O[C@H](COC(C)=O)[C@@H](O[C@H]3O[C@H](COC(C)=O)[C@@H](O[C@H]4O[C@H](C)[C@@H](N(C(C)=O)[C@H]5C=C(COC(C)=O)[C@@H](OC(C)=O)[C@H](OC(C)=O)[C@H]5C)[C@H](OC(C)=O)[C@H]4C)[C@H](OC(C)=O)[C@H]3C)[C@H](OC(C)=O)[C@H]2C)nn1. The zero-order valence-corrected chi connectivity index (χ0v) is 51.0. The van der Waals surface area contributed by atoms with Gasteiger partial charge in [0, 0.05) is 98.2 Å². The molecule has 0 radical (unpaired) electrons. The number of carbonyl (C=O) groups excluding carboxylic acids is 9. The van der Waals surface area contributed by atoms with Gasteiger partial charge in [0.05, 0.1) is 57.4 Å². The van der Waals surface area contributed by atoms with Crippen LogP contribution in [0.25, 0.3) is 0 Å².